The molecule has 1 N–H and O–H groups in total. The van der Waals surface area contributed by atoms with E-state index in [9.17, 15) is 14.4 Å². The Morgan fingerprint density at radius 2 is 1.86 bits per heavy atom. The van der Waals surface area contributed by atoms with Gasteiger partial charge in [-0.2, -0.15) is 0 Å². The van der Waals surface area contributed by atoms with Crippen molar-refractivity contribution in [3.63, 3.8) is 0 Å². The number of thiophene rings is 1. The number of nitrogens with one attached hydrogen (secondary N) is 1. The van der Waals surface area contributed by atoms with E-state index < -0.39 is 11.9 Å². The van der Waals surface area contributed by atoms with Crippen LogP contribution in [0, 0.1) is 18.8 Å². The van der Waals surface area contributed by atoms with Crippen LogP contribution in [0.25, 0.3) is 10.4 Å². The van der Waals surface area contributed by atoms with E-state index in [-0.39, 0.29) is 25.1 Å². The summed E-state index contributed by atoms with van der Waals surface area (Å²) in [5, 5.41) is 3.11. The molecule has 0 radical (unpaired) electrons. The van der Waals surface area contributed by atoms with Crippen LogP contribution in [0.1, 0.15) is 36.2 Å². The summed E-state index contributed by atoms with van der Waals surface area (Å²) in [5.74, 6) is -1.10. The summed E-state index contributed by atoms with van der Waals surface area (Å²) >= 11 is 1.30. The number of amides is 1. The number of benzene rings is 1. The highest BCUT2D eigenvalue weighted by Gasteiger charge is 2.40. The molecule has 1 aromatic heterocycles. The fourth-order valence-electron chi connectivity index (χ4n) is 2.97. The predicted molar refractivity (Wildman–Crippen MR) is 107 cm³/mol. The summed E-state index contributed by atoms with van der Waals surface area (Å²) in [4.78, 5) is 37.4. The topological polar surface area (TPSA) is 81.7 Å². The molecule has 1 heterocycles. The molecule has 2 atom stereocenters. The van der Waals surface area contributed by atoms with Gasteiger partial charge in [0, 0.05) is 4.88 Å². The van der Waals surface area contributed by atoms with E-state index in [0.29, 0.717) is 16.5 Å². The number of ether oxygens (including phenoxy) is 2. The Hall–Kier alpha value is -2.67. The van der Waals surface area contributed by atoms with E-state index in [4.69, 9.17) is 9.47 Å². The first-order valence-electron chi connectivity index (χ1n) is 9.24. The first-order valence-corrected chi connectivity index (χ1v) is 10.1. The fourth-order valence-corrected chi connectivity index (χ4v) is 4.19. The van der Waals surface area contributed by atoms with Crippen LogP contribution in [0.15, 0.2) is 30.3 Å². The molecule has 7 heteroatoms. The minimum atomic E-state index is -0.488. The van der Waals surface area contributed by atoms with Crippen LogP contribution in [0.3, 0.4) is 0 Å². The molecule has 2 aromatic rings. The highest BCUT2D eigenvalue weighted by molar-refractivity contribution is 7.20. The van der Waals surface area contributed by atoms with Crippen molar-refractivity contribution in [1.29, 1.82) is 0 Å². The molecule has 1 aromatic carbocycles. The van der Waals surface area contributed by atoms with Gasteiger partial charge in [-0.3, -0.25) is 9.59 Å². The third-order valence-electron chi connectivity index (χ3n) is 4.67. The van der Waals surface area contributed by atoms with Crippen LogP contribution < -0.4 is 5.32 Å². The first-order chi connectivity index (χ1) is 13.4. The summed E-state index contributed by atoms with van der Waals surface area (Å²) in [7, 11) is 0. The van der Waals surface area contributed by atoms with Gasteiger partial charge < -0.3 is 14.8 Å². The molecule has 3 rings (SSSR count). The SMILES string of the molecule is CCOC(=O)c1c(NC(=O)COC(=O)C2CC2C)sc(-c2ccccc2)c1C. The Labute approximate surface area is 167 Å². The van der Waals surface area contributed by atoms with Gasteiger partial charge in [0.2, 0.25) is 0 Å². The van der Waals surface area contributed by atoms with E-state index in [1.165, 1.54) is 11.3 Å². The number of rotatable bonds is 7. The van der Waals surface area contributed by atoms with Crippen molar-refractivity contribution in [2.75, 3.05) is 18.5 Å². The Balaban J connectivity index is 1.79. The molecule has 148 valence electrons. The van der Waals surface area contributed by atoms with Crippen LogP contribution in [0.5, 0.6) is 0 Å². The Morgan fingerprint density at radius 3 is 2.46 bits per heavy atom. The Kier molecular flexibility index (Phi) is 6.14. The Morgan fingerprint density at radius 1 is 1.18 bits per heavy atom. The van der Waals surface area contributed by atoms with Gasteiger partial charge in [0.05, 0.1) is 18.1 Å². The van der Waals surface area contributed by atoms with Crippen LogP contribution in [-0.2, 0) is 19.1 Å². The van der Waals surface area contributed by atoms with Crippen molar-refractivity contribution in [3.05, 3.63) is 41.5 Å². The molecular formula is C21H23NO5S. The van der Waals surface area contributed by atoms with E-state index in [1.54, 1.807) is 6.92 Å². The number of esters is 2. The van der Waals surface area contributed by atoms with Gasteiger partial charge in [-0.1, -0.05) is 37.3 Å². The molecule has 1 aliphatic carbocycles. The fraction of sp³-hybridized carbons (Fsp3) is 0.381. The lowest BCUT2D eigenvalue weighted by Crippen LogP contribution is -2.22. The second kappa shape index (κ2) is 8.56. The van der Waals surface area contributed by atoms with Crippen molar-refractivity contribution in [2.45, 2.75) is 27.2 Å². The monoisotopic (exact) mass is 401 g/mol. The van der Waals surface area contributed by atoms with Gasteiger partial charge in [-0.05, 0) is 37.3 Å². The van der Waals surface area contributed by atoms with Gasteiger partial charge in [-0.25, -0.2) is 4.79 Å². The van der Waals surface area contributed by atoms with E-state index in [2.05, 4.69) is 5.32 Å². The molecule has 6 nitrogen and oxygen atoms in total. The first kappa shape index (κ1) is 20.1. The molecule has 1 aliphatic rings. The van der Waals surface area contributed by atoms with Gasteiger partial charge in [0.1, 0.15) is 5.00 Å². The maximum Gasteiger partial charge on any atom is 0.341 e. The van der Waals surface area contributed by atoms with Crippen LogP contribution in [-0.4, -0.2) is 31.1 Å². The predicted octanol–water partition coefficient (Wildman–Crippen LogP) is 4.04. The third-order valence-corrected chi connectivity index (χ3v) is 5.93. The maximum absolute atomic E-state index is 12.5. The third kappa shape index (κ3) is 4.42. The van der Waals surface area contributed by atoms with Crippen LogP contribution >= 0.6 is 11.3 Å². The summed E-state index contributed by atoms with van der Waals surface area (Å²) in [6, 6.07) is 9.62. The quantitative estimate of drug-likeness (QED) is 0.708. The second-order valence-corrected chi connectivity index (χ2v) is 7.84. The number of carbonyl (C=O) groups excluding carboxylic acids is 3. The van der Waals surface area contributed by atoms with Crippen molar-refractivity contribution < 1.29 is 23.9 Å². The smallest absolute Gasteiger partial charge is 0.341 e. The number of anilines is 1. The molecule has 1 saturated carbocycles. The Bertz CT molecular complexity index is 890. The second-order valence-electron chi connectivity index (χ2n) is 6.82. The number of hydrogen-bond acceptors (Lipinski definition) is 6. The normalized spacial score (nSPS) is 17.7. The van der Waals surface area contributed by atoms with Gasteiger partial charge in [-0.15, -0.1) is 11.3 Å². The zero-order valence-electron chi connectivity index (χ0n) is 16.1. The molecule has 0 bridgehead atoms. The molecule has 0 spiro atoms. The lowest BCUT2D eigenvalue weighted by atomic mass is 10.1. The van der Waals surface area contributed by atoms with Gasteiger partial charge in [0.25, 0.3) is 5.91 Å². The minimum Gasteiger partial charge on any atom is -0.462 e. The largest absolute Gasteiger partial charge is 0.462 e. The van der Waals surface area contributed by atoms with Crippen molar-refractivity contribution >= 4 is 34.2 Å². The lowest BCUT2D eigenvalue weighted by Gasteiger charge is -2.07. The average Bonchev–Trinajstić information content (AvgIpc) is 3.32. The van der Waals surface area contributed by atoms with Crippen molar-refractivity contribution in [1.82, 2.24) is 0 Å². The standard InChI is InChI=1S/C21H23NO5S/c1-4-26-21(25)17-13(3)18(14-8-6-5-7-9-14)28-19(17)22-16(23)11-27-20(24)15-10-12(15)2/h5-9,12,15H,4,10-11H2,1-3H3,(H,22,23). The minimum absolute atomic E-state index is 0.100. The molecule has 28 heavy (non-hydrogen) atoms. The summed E-state index contributed by atoms with van der Waals surface area (Å²) in [6.07, 6.45) is 0.804. The van der Waals surface area contributed by atoms with E-state index >= 15 is 0 Å². The molecule has 0 saturated heterocycles. The highest BCUT2D eigenvalue weighted by atomic mass is 32.1. The maximum atomic E-state index is 12.5. The summed E-state index contributed by atoms with van der Waals surface area (Å²) in [5.41, 5.74) is 2.03. The highest BCUT2D eigenvalue weighted by Crippen LogP contribution is 2.40. The summed E-state index contributed by atoms with van der Waals surface area (Å²) < 4.78 is 10.2. The average molecular weight is 401 g/mol. The number of carbonyl (C=O) groups is 3. The summed E-state index contributed by atoms with van der Waals surface area (Å²) in [6.45, 7) is 5.39. The molecule has 1 amide bonds. The molecule has 2 unspecified atom stereocenters. The molecular weight excluding hydrogens is 378 g/mol. The van der Waals surface area contributed by atoms with Gasteiger partial charge in [0.15, 0.2) is 6.61 Å². The zero-order chi connectivity index (χ0) is 20.3. The molecule has 1 fully saturated rings. The zero-order valence-corrected chi connectivity index (χ0v) is 16.9. The van der Waals surface area contributed by atoms with Crippen LogP contribution in [0.2, 0.25) is 0 Å². The molecule has 0 aliphatic heterocycles. The van der Waals surface area contributed by atoms with E-state index in [1.807, 2.05) is 44.2 Å². The van der Waals surface area contributed by atoms with E-state index in [0.717, 1.165) is 22.4 Å². The van der Waals surface area contributed by atoms with Crippen molar-refractivity contribution in [2.24, 2.45) is 11.8 Å². The van der Waals surface area contributed by atoms with Crippen molar-refractivity contribution in [3.8, 4) is 10.4 Å². The van der Waals surface area contributed by atoms with Crippen LogP contribution in [0.4, 0.5) is 5.00 Å². The number of hydrogen-bond donors (Lipinski definition) is 1. The van der Waals surface area contributed by atoms with Gasteiger partial charge >= 0.3 is 11.9 Å². The lowest BCUT2D eigenvalue weighted by molar-refractivity contribution is -0.148.